The maximum Gasteiger partial charge on any atom is 0.161 e. The van der Waals surface area contributed by atoms with Gasteiger partial charge < -0.3 is 14.7 Å². The lowest BCUT2D eigenvalue weighted by molar-refractivity contribution is -0.126. The zero-order chi connectivity index (χ0) is 17.6. The number of carbonyl (C=O) groups excluding carboxylic acids is 1. The van der Waals surface area contributed by atoms with Gasteiger partial charge >= 0.3 is 0 Å². The summed E-state index contributed by atoms with van der Waals surface area (Å²) in [6, 6.07) is 4.53. The molecule has 136 valence electrons. The fourth-order valence-electron chi connectivity index (χ4n) is 5.55. The SMILES string of the molecule is CCCCOc1ccc2c(c1O)[C@]13CCN(C)[C@H](C2)[C@@H]1CCC(=O)C3. The van der Waals surface area contributed by atoms with Gasteiger partial charge in [0.15, 0.2) is 11.5 Å². The number of carbonyl (C=O) groups is 1. The van der Waals surface area contributed by atoms with Gasteiger partial charge in [-0.05, 0) is 56.8 Å². The zero-order valence-corrected chi connectivity index (χ0v) is 15.4. The summed E-state index contributed by atoms with van der Waals surface area (Å²) < 4.78 is 5.86. The fourth-order valence-corrected chi connectivity index (χ4v) is 5.55. The Morgan fingerprint density at radius 3 is 3.04 bits per heavy atom. The fraction of sp³-hybridized carbons (Fsp3) is 0.667. The molecule has 4 heteroatoms. The summed E-state index contributed by atoms with van der Waals surface area (Å²) in [5.74, 6) is 1.71. The summed E-state index contributed by atoms with van der Waals surface area (Å²) in [7, 11) is 2.21. The van der Waals surface area contributed by atoms with E-state index in [0.717, 1.165) is 44.2 Å². The molecule has 25 heavy (non-hydrogen) atoms. The molecule has 3 atom stereocenters. The largest absolute Gasteiger partial charge is 0.504 e. The van der Waals surface area contributed by atoms with Crippen molar-refractivity contribution in [2.45, 2.75) is 63.3 Å². The molecule has 4 rings (SSSR count). The van der Waals surface area contributed by atoms with Crippen LogP contribution in [0.15, 0.2) is 12.1 Å². The number of hydrogen-bond acceptors (Lipinski definition) is 4. The molecule has 1 N–H and O–H groups in total. The Morgan fingerprint density at radius 2 is 2.24 bits per heavy atom. The van der Waals surface area contributed by atoms with Crippen LogP contribution in [0, 0.1) is 5.92 Å². The van der Waals surface area contributed by atoms with E-state index < -0.39 is 0 Å². The highest BCUT2D eigenvalue weighted by molar-refractivity contribution is 5.82. The van der Waals surface area contributed by atoms with Crippen LogP contribution in [-0.2, 0) is 16.6 Å². The third-order valence-electron chi connectivity index (χ3n) is 6.81. The molecule has 1 aromatic rings. The van der Waals surface area contributed by atoms with Crippen molar-refractivity contribution in [2.75, 3.05) is 20.2 Å². The van der Waals surface area contributed by atoms with Crippen molar-refractivity contribution >= 4 is 5.78 Å². The van der Waals surface area contributed by atoms with E-state index >= 15 is 0 Å². The first kappa shape index (κ1) is 16.9. The van der Waals surface area contributed by atoms with Crippen LogP contribution in [-0.4, -0.2) is 42.0 Å². The number of nitrogens with zero attached hydrogens (tertiary/aromatic N) is 1. The predicted molar refractivity (Wildman–Crippen MR) is 97.3 cm³/mol. The third-order valence-corrected chi connectivity index (χ3v) is 6.81. The molecule has 0 spiro atoms. The number of likely N-dealkylation sites (N-methyl/N-ethyl adjacent to an activating group) is 1. The number of piperidine rings is 1. The van der Waals surface area contributed by atoms with Gasteiger partial charge in [-0.2, -0.15) is 0 Å². The van der Waals surface area contributed by atoms with Gasteiger partial charge in [-0.3, -0.25) is 4.79 Å². The van der Waals surface area contributed by atoms with E-state index in [2.05, 4.69) is 24.9 Å². The standard InChI is InChI=1S/C21H29NO3/c1-3-4-11-25-18-8-5-14-12-17-16-7-6-15(23)13-21(16,9-10-22(17)2)19(14)20(18)24/h5,8,16-17,24H,3-4,6-7,9-13H2,1-2H3/t16-,17+,21-/m0/s1. The molecule has 4 nitrogen and oxygen atoms in total. The van der Waals surface area contributed by atoms with E-state index in [1.807, 2.05) is 6.07 Å². The average molecular weight is 343 g/mol. The topological polar surface area (TPSA) is 49.8 Å². The number of likely N-dealkylation sites (tertiary alicyclic amines) is 1. The molecular weight excluding hydrogens is 314 g/mol. The molecule has 1 saturated heterocycles. The van der Waals surface area contributed by atoms with Gasteiger partial charge in [-0.1, -0.05) is 19.4 Å². The first-order valence-corrected chi connectivity index (χ1v) is 9.77. The number of aromatic hydroxyl groups is 1. The summed E-state index contributed by atoms with van der Waals surface area (Å²) in [6.07, 6.45) is 6.20. The van der Waals surface area contributed by atoms with Crippen molar-refractivity contribution in [3.05, 3.63) is 23.3 Å². The Kier molecular flexibility index (Phi) is 4.27. The summed E-state index contributed by atoms with van der Waals surface area (Å²) in [5.41, 5.74) is 2.06. The normalized spacial score (nSPS) is 31.4. The second-order valence-corrected chi connectivity index (χ2v) is 8.17. The minimum atomic E-state index is -0.186. The van der Waals surface area contributed by atoms with E-state index in [0.29, 0.717) is 48.7 Å². The van der Waals surface area contributed by atoms with Crippen molar-refractivity contribution in [1.29, 1.82) is 0 Å². The maximum atomic E-state index is 12.4. The zero-order valence-electron chi connectivity index (χ0n) is 15.4. The van der Waals surface area contributed by atoms with Crippen molar-refractivity contribution in [1.82, 2.24) is 4.90 Å². The third kappa shape index (κ3) is 2.57. The Balaban J connectivity index is 1.79. The Bertz CT molecular complexity index is 686. The molecule has 1 heterocycles. The highest BCUT2D eigenvalue weighted by Gasteiger charge is 2.56. The van der Waals surface area contributed by atoms with E-state index in [-0.39, 0.29) is 5.41 Å². The molecule has 0 aromatic heterocycles. The van der Waals surface area contributed by atoms with Crippen molar-refractivity contribution in [2.24, 2.45) is 5.92 Å². The molecule has 0 amide bonds. The number of fused-ring (bicyclic) bond motifs is 1. The Labute approximate surface area is 150 Å². The summed E-state index contributed by atoms with van der Waals surface area (Å²) >= 11 is 0. The Morgan fingerprint density at radius 1 is 1.40 bits per heavy atom. The maximum absolute atomic E-state index is 12.4. The van der Waals surface area contributed by atoms with Gasteiger partial charge in [-0.25, -0.2) is 0 Å². The second-order valence-electron chi connectivity index (χ2n) is 8.17. The van der Waals surface area contributed by atoms with E-state index in [4.69, 9.17) is 4.74 Å². The number of rotatable bonds is 4. The van der Waals surface area contributed by atoms with Crippen LogP contribution in [0.5, 0.6) is 11.5 Å². The molecule has 1 aliphatic heterocycles. The van der Waals surface area contributed by atoms with Crippen LogP contribution in [0.1, 0.15) is 56.6 Å². The quantitative estimate of drug-likeness (QED) is 0.851. The number of phenols is 1. The van der Waals surface area contributed by atoms with Gasteiger partial charge in [0.25, 0.3) is 0 Å². The molecule has 2 bridgehead atoms. The van der Waals surface area contributed by atoms with E-state index in [1.54, 1.807) is 0 Å². The van der Waals surface area contributed by atoms with Crippen LogP contribution in [0.25, 0.3) is 0 Å². The lowest BCUT2D eigenvalue weighted by Gasteiger charge is -2.58. The number of hydrogen-bond donors (Lipinski definition) is 1. The second kappa shape index (κ2) is 6.31. The van der Waals surface area contributed by atoms with E-state index in [9.17, 15) is 9.90 Å². The first-order chi connectivity index (χ1) is 12.1. The van der Waals surface area contributed by atoms with E-state index in [1.165, 1.54) is 5.56 Å². The molecule has 2 aliphatic carbocycles. The summed E-state index contributed by atoms with van der Waals surface area (Å²) in [6.45, 7) is 3.75. The van der Waals surface area contributed by atoms with Crippen molar-refractivity contribution in [3.8, 4) is 11.5 Å². The predicted octanol–water partition coefficient (Wildman–Crippen LogP) is 3.44. The number of ketones is 1. The van der Waals surface area contributed by atoms with Gasteiger partial charge in [0.05, 0.1) is 6.61 Å². The van der Waals surface area contributed by atoms with Crippen LogP contribution >= 0.6 is 0 Å². The monoisotopic (exact) mass is 343 g/mol. The molecule has 2 fully saturated rings. The average Bonchev–Trinajstić information content (AvgIpc) is 2.59. The lowest BCUT2D eigenvalue weighted by Crippen LogP contribution is -2.60. The number of Topliss-reactive ketones (excluding diaryl/α,β-unsaturated/α-hetero) is 1. The number of benzene rings is 1. The summed E-state index contributed by atoms with van der Waals surface area (Å²) in [5, 5.41) is 11.1. The molecule has 0 unspecified atom stereocenters. The van der Waals surface area contributed by atoms with Crippen molar-refractivity contribution in [3.63, 3.8) is 0 Å². The van der Waals surface area contributed by atoms with Crippen LogP contribution < -0.4 is 4.74 Å². The van der Waals surface area contributed by atoms with Crippen LogP contribution in [0.3, 0.4) is 0 Å². The Hall–Kier alpha value is -1.55. The van der Waals surface area contributed by atoms with Gasteiger partial charge in [-0.15, -0.1) is 0 Å². The molecule has 0 radical (unpaired) electrons. The number of phenolic OH excluding ortho intramolecular Hbond substituents is 1. The van der Waals surface area contributed by atoms with Crippen LogP contribution in [0.4, 0.5) is 0 Å². The number of unbranched alkanes of at least 4 members (excludes halogenated alkanes) is 1. The smallest absolute Gasteiger partial charge is 0.161 e. The highest BCUT2D eigenvalue weighted by atomic mass is 16.5. The summed E-state index contributed by atoms with van der Waals surface area (Å²) in [4.78, 5) is 14.8. The minimum Gasteiger partial charge on any atom is -0.504 e. The van der Waals surface area contributed by atoms with Crippen LogP contribution in [0.2, 0.25) is 0 Å². The molecule has 1 saturated carbocycles. The molecule has 1 aromatic carbocycles. The lowest BCUT2D eigenvalue weighted by atomic mass is 9.52. The van der Waals surface area contributed by atoms with Gasteiger partial charge in [0.1, 0.15) is 5.78 Å². The van der Waals surface area contributed by atoms with Gasteiger partial charge in [0.2, 0.25) is 0 Å². The molecule has 3 aliphatic rings. The molecular formula is C21H29NO3. The highest BCUT2D eigenvalue weighted by Crippen LogP contribution is 2.58. The van der Waals surface area contributed by atoms with Crippen molar-refractivity contribution < 1.29 is 14.6 Å². The first-order valence-electron chi connectivity index (χ1n) is 9.77. The van der Waals surface area contributed by atoms with Gasteiger partial charge in [0, 0.05) is 29.9 Å². The minimum absolute atomic E-state index is 0.186. The number of ether oxygens (including phenoxy) is 1.